The first-order chi connectivity index (χ1) is 16.0. The van der Waals surface area contributed by atoms with E-state index in [9.17, 15) is 0 Å². The summed E-state index contributed by atoms with van der Waals surface area (Å²) in [4.78, 5) is 0. The molecule has 0 bridgehead atoms. The fourth-order valence-corrected chi connectivity index (χ4v) is 13.3. The molecule has 0 atom stereocenters. The zero-order valence-corrected chi connectivity index (χ0v) is 29.1. The van der Waals surface area contributed by atoms with Crippen LogP contribution in [0.25, 0.3) is 11.1 Å². The van der Waals surface area contributed by atoms with Crippen molar-refractivity contribution < 1.29 is 46.1 Å². The van der Waals surface area contributed by atoms with Crippen molar-refractivity contribution >= 4 is 6.48 Å². The first-order valence-electron chi connectivity index (χ1n) is 13.4. The summed E-state index contributed by atoms with van der Waals surface area (Å²) in [6, 6.07) is 12.5. The molecular formula is C34H46Cl2Zr. The summed E-state index contributed by atoms with van der Waals surface area (Å²) in [7, 11) is 0. The molecule has 0 unspecified atom stereocenters. The molecule has 0 saturated carbocycles. The van der Waals surface area contributed by atoms with Crippen LogP contribution in [-0.4, -0.2) is 3.21 Å². The molecule has 0 nitrogen and oxygen atoms in total. The van der Waals surface area contributed by atoms with E-state index in [1.165, 1.54) is 34.2 Å². The molecule has 0 spiro atoms. The molecule has 0 N–H and O–H groups in total. The molecule has 2 aliphatic rings. The number of hydrogen-bond donors (Lipinski definition) is 0. The molecule has 3 heteroatoms. The zero-order chi connectivity index (χ0) is 26.1. The van der Waals surface area contributed by atoms with Crippen LogP contribution in [0.15, 0.2) is 50.8 Å². The summed E-state index contributed by atoms with van der Waals surface area (Å²) in [5.74, 6) is 0. The maximum Gasteiger partial charge on any atom is -1.00 e. The van der Waals surface area contributed by atoms with E-state index in [1.54, 1.807) is 26.5 Å². The summed E-state index contributed by atoms with van der Waals surface area (Å²) in [5.41, 5.74) is 12.8. The second-order valence-corrected chi connectivity index (χ2v) is 21.3. The molecule has 2 aromatic carbocycles. The second-order valence-electron chi connectivity index (χ2n) is 14.2. The molecule has 4 rings (SSSR count). The van der Waals surface area contributed by atoms with Gasteiger partial charge < -0.3 is 24.8 Å². The Kier molecular flexibility index (Phi) is 9.67. The Morgan fingerprint density at radius 2 is 1.27 bits per heavy atom. The van der Waals surface area contributed by atoms with Crippen LogP contribution in [-0.2, 0) is 38.5 Å². The number of hydrogen-bond acceptors (Lipinski definition) is 0. The third kappa shape index (κ3) is 6.37. The average Bonchev–Trinajstić information content (AvgIpc) is 3.27. The van der Waals surface area contributed by atoms with E-state index in [-0.39, 0.29) is 41.1 Å². The Bertz CT molecular complexity index is 1300. The van der Waals surface area contributed by atoms with Gasteiger partial charge in [-0.15, -0.1) is 0 Å². The Hall–Kier alpha value is -0.747. The SMILES string of the molecule is CC1=[C]([Zr+2](=[C](C)C)[c]2cc(C(C)(C)C)cc3c2Cc2ccc(C(C)(C)C)cc2-3)CC(C(C)(C)C)=C1.[Cl-].[Cl-]. The van der Waals surface area contributed by atoms with Gasteiger partial charge in [-0.1, -0.05) is 0 Å². The molecule has 0 radical (unpaired) electrons. The van der Waals surface area contributed by atoms with E-state index >= 15 is 0 Å². The average molecular weight is 617 g/mol. The summed E-state index contributed by atoms with van der Waals surface area (Å²) >= 11 is -2.23. The molecule has 0 fully saturated rings. The molecule has 0 saturated heterocycles. The third-order valence-corrected chi connectivity index (χ3v) is 15.8. The normalized spacial score (nSPS) is 14.7. The molecular weight excluding hydrogens is 571 g/mol. The van der Waals surface area contributed by atoms with Gasteiger partial charge in [0.2, 0.25) is 0 Å². The smallest absolute Gasteiger partial charge is 1.00 e. The van der Waals surface area contributed by atoms with E-state index in [4.69, 9.17) is 0 Å². The van der Waals surface area contributed by atoms with Gasteiger partial charge in [0, 0.05) is 0 Å². The molecule has 2 aliphatic carbocycles. The van der Waals surface area contributed by atoms with Gasteiger partial charge in [-0.3, -0.25) is 0 Å². The van der Waals surface area contributed by atoms with Crippen molar-refractivity contribution in [2.75, 3.05) is 0 Å². The Labute approximate surface area is 247 Å². The predicted molar refractivity (Wildman–Crippen MR) is 153 cm³/mol. The molecule has 0 heterocycles. The van der Waals surface area contributed by atoms with E-state index in [2.05, 4.69) is 119 Å². The molecule has 200 valence electrons. The maximum atomic E-state index is 2.65. The minimum absolute atomic E-state index is 0. The van der Waals surface area contributed by atoms with Gasteiger partial charge in [0.25, 0.3) is 0 Å². The summed E-state index contributed by atoms with van der Waals surface area (Å²) in [6.07, 6.45) is 4.81. The maximum absolute atomic E-state index is 2.65. The number of allylic oxidation sites excluding steroid dienone is 4. The quantitative estimate of drug-likeness (QED) is 0.416. The number of halogens is 2. The first kappa shape index (κ1) is 32.5. The van der Waals surface area contributed by atoms with E-state index in [1.807, 2.05) is 0 Å². The van der Waals surface area contributed by atoms with Crippen LogP contribution in [0.2, 0.25) is 0 Å². The van der Waals surface area contributed by atoms with Crippen LogP contribution in [0.4, 0.5) is 0 Å². The van der Waals surface area contributed by atoms with Gasteiger partial charge >= 0.3 is 224 Å². The van der Waals surface area contributed by atoms with Gasteiger partial charge in [-0.05, 0) is 0 Å². The molecule has 0 aliphatic heterocycles. The van der Waals surface area contributed by atoms with Crippen molar-refractivity contribution in [1.29, 1.82) is 0 Å². The first-order valence-corrected chi connectivity index (χ1v) is 17.1. The van der Waals surface area contributed by atoms with E-state index in [0.29, 0.717) is 0 Å². The standard InChI is InChI=1S/C21H25.C10H15.C3H6.2ClH.Zr/c1-20(2,3)16-9-7-14-11-15-8-10-17(21(4,5)6)13-19(15)18(14)12-16;1-8-5-6-9(7-8)10(2,3)4;1-3-2;;;/h7,9-10,12-13H,11H2,1-6H3;7H,6H2,1-4H3;1-2H3;2*1H;/q;;;;;+2/p-2. The largest absolute Gasteiger partial charge is 1.00 e. The van der Waals surface area contributed by atoms with Gasteiger partial charge in [0.1, 0.15) is 0 Å². The van der Waals surface area contributed by atoms with Crippen molar-refractivity contribution in [1.82, 2.24) is 0 Å². The fourth-order valence-electron chi connectivity index (χ4n) is 5.63. The molecule has 0 amide bonds. The van der Waals surface area contributed by atoms with Crippen molar-refractivity contribution in [3.63, 3.8) is 0 Å². The van der Waals surface area contributed by atoms with Crippen molar-refractivity contribution in [3.05, 3.63) is 73.1 Å². The monoisotopic (exact) mass is 614 g/mol. The van der Waals surface area contributed by atoms with Gasteiger partial charge in [0.05, 0.1) is 0 Å². The van der Waals surface area contributed by atoms with Crippen molar-refractivity contribution in [2.24, 2.45) is 5.41 Å². The van der Waals surface area contributed by atoms with Crippen LogP contribution in [0.5, 0.6) is 0 Å². The van der Waals surface area contributed by atoms with Gasteiger partial charge in [0.15, 0.2) is 0 Å². The predicted octanol–water partition coefficient (Wildman–Crippen LogP) is 2.97. The van der Waals surface area contributed by atoms with E-state index < -0.39 is 21.3 Å². The second kappa shape index (κ2) is 11.0. The summed E-state index contributed by atoms with van der Waals surface area (Å²) in [6.45, 7) is 28.5. The summed E-state index contributed by atoms with van der Waals surface area (Å²) < 4.78 is 5.24. The topological polar surface area (TPSA) is 0 Å². The van der Waals surface area contributed by atoms with Crippen LogP contribution >= 0.6 is 0 Å². The van der Waals surface area contributed by atoms with Crippen molar-refractivity contribution in [2.45, 2.75) is 107 Å². The van der Waals surface area contributed by atoms with Crippen LogP contribution in [0.3, 0.4) is 0 Å². The zero-order valence-electron chi connectivity index (χ0n) is 25.1. The Balaban J connectivity index is 0.00000241. The van der Waals surface area contributed by atoms with Crippen molar-refractivity contribution in [3.8, 4) is 11.1 Å². The van der Waals surface area contributed by atoms with Crippen LogP contribution in [0, 0.1) is 5.41 Å². The fraction of sp³-hybridized carbons (Fsp3) is 0.500. The molecule has 2 aromatic rings. The minimum Gasteiger partial charge on any atom is -1.00 e. The summed E-state index contributed by atoms with van der Waals surface area (Å²) in [5, 5.41) is 0. The van der Waals surface area contributed by atoms with Gasteiger partial charge in [-0.25, -0.2) is 0 Å². The number of benzene rings is 2. The minimum atomic E-state index is -2.23. The van der Waals surface area contributed by atoms with Crippen LogP contribution in [0.1, 0.15) is 112 Å². The Morgan fingerprint density at radius 3 is 1.76 bits per heavy atom. The number of rotatable bonds is 2. The molecule has 37 heavy (non-hydrogen) atoms. The van der Waals surface area contributed by atoms with Gasteiger partial charge in [-0.2, -0.15) is 0 Å². The third-order valence-electron chi connectivity index (χ3n) is 8.02. The number of fused-ring (bicyclic) bond motifs is 3. The molecule has 0 aromatic heterocycles. The Morgan fingerprint density at radius 1 is 0.703 bits per heavy atom. The van der Waals surface area contributed by atoms with E-state index in [0.717, 1.165) is 6.42 Å². The van der Waals surface area contributed by atoms with Crippen LogP contribution < -0.4 is 28.1 Å².